The van der Waals surface area contributed by atoms with Crippen LogP contribution in [0.3, 0.4) is 0 Å². The minimum atomic E-state index is -1.75. The van der Waals surface area contributed by atoms with Crippen molar-refractivity contribution in [2.45, 2.75) is 51.7 Å². The summed E-state index contributed by atoms with van der Waals surface area (Å²) in [5, 5.41) is 16.5. The Bertz CT molecular complexity index is 1380. The zero-order valence-corrected chi connectivity index (χ0v) is 25.4. The molecule has 1 heterocycles. The lowest BCUT2D eigenvalue weighted by Gasteiger charge is -2.36. The van der Waals surface area contributed by atoms with Crippen molar-refractivity contribution in [2.75, 3.05) is 38.1 Å². The highest BCUT2D eigenvalue weighted by Gasteiger charge is 2.36. The van der Waals surface area contributed by atoms with Gasteiger partial charge in [0.05, 0.1) is 43.5 Å². The summed E-state index contributed by atoms with van der Waals surface area (Å²) in [4.78, 5) is 13.1. The number of anilines is 3. The van der Waals surface area contributed by atoms with Gasteiger partial charge in [-0.3, -0.25) is 4.79 Å². The summed E-state index contributed by atoms with van der Waals surface area (Å²) in [6, 6.07) is 14.3. The molecule has 0 saturated heterocycles. The van der Waals surface area contributed by atoms with Gasteiger partial charge in [0.1, 0.15) is 0 Å². The zero-order valence-electron chi connectivity index (χ0n) is 24.4. The van der Waals surface area contributed by atoms with Crippen LogP contribution >= 0.6 is 0 Å². The van der Waals surface area contributed by atoms with Gasteiger partial charge in [0.2, 0.25) is 0 Å². The van der Waals surface area contributed by atoms with Crippen molar-refractivity contribution in [3.63, 3.8) is 0 Å². The molecule has 0 spiro atoms. The van der Waals surface area contributed by atoms with Gasteiger partial charge in [-0.05, 0) is 66.4 Å². The Morgan fingerprint density at radius 2 is 1.40 bits per heavy atom. The first kappa shape index (κ1) is 29.3. The molecule has 1 amide bonds. The lowest BCUT2D eigenvalue weighted by molar-refractivity contribution is 0.102. The number of nitrogens with one attached hydrogen (secondary N) is 2. The molecule has 0 fully saturated rings. The van der Waals surface area contributed by atoms with E-state index in [-0.39, 0.29) is 16.7 Å². The van der Waals surface area contributed by atoms with Crippen LogP contribution in [0.5, 0.6) is 23.0 Å². The van der Waals surface area contributed by atoms with E-state index in [2.05, 4.69) is 44.5 Å². The molecule has 0 saturated carbocycles. The van der Waals surface area contributed by atoms with Crippen molar-refractivity contribution < 1.29 is 28.5 Å². The van der Waals surface area contributed by atoms with Gasteiger partial charge >= 0.3 is 0 Å². The largest absolute Gasteiger partial charge is 0.504 e. The average Bonchev–Trinajstić information content (AvgIpc) is 3.04. The summed E-state index contributed by atoms with van der Waals surface area (Å²) in [5.41, 5.74) is 4.17. The molecule has 3 aromatic rings. The summed E-state index contributed by atoms with van der Waals surface area (Å²) in [6.45, 7) is 12.5. The van der Waals surface area contributed by atoms with Gasteiger partial charge in [0.15, 0.2) is 31.3 Å². The molecule has 0 radical (unpaired) electrons. The third-order valence-corrected chi connectivity index (χ3v) is 12.2. The summed E-state index contributed by atoms with van der Waals surface area (Å²) >= 11 is 0. The van der Waals surface area contributed by atoms with Crippen molar-refractivity contribution in [2.24, 2.45) is 0 Å². The Hall–Kier alpha value is -3.69. The van der Waals surface area contributed by atoms with Crippen molar-refractivity contribution in [3.8, 4) is 34.1 Å². The molecule has 0 aromatic heterocycles. The maximum Gasteiger partial charge on any atom is 0.257 e. The molecule has 3 N–H and O–H groups in total. The molecule has 0 aliphatic carbocycles. The number of hydrogen-bond acceptors (Lipinski definition) is 7. The number of rotatable bonds is 10. The Labute approximate surface area is 237 Å². The number of ether oxygens (including phenoxy) is 3. The number of phenolic OH excluding ortho intramolecular Hbond substituents is 1. The summed E-state index contributed by atoms with van der Waals surface area (Å²) in [5.74, 6) is 1.35. The van der Waals surface area contributed by atoms with Crippen molar-refractivity contribution in [1.82, 2.24) is 0 Å². The van der Waals surface area contributed by atoms with Gasteiger partial charge in [-0.25, -0.2) is 0 Å². The molecule has 0 unspecified atom stereocenters. The normalized spacial score (nSPS) is 12.9. The van der Waals surface area contributed by atoms with Crippen molar-refractivity contribution >= 4 is 31.3 Å². The molecule has 8 nitrogen and oxygen atoms in total. The average molecular weight is 565 g/mol. The molecule has 1 aliphatic heterocycles. The van der Waals surface area contributed by atoms with Crippen LogP contribution in [0.2, 0.25) is 18.1 Å². The number of carbonyl (C=O) groups excluding carboxylic acids is 1. The van der Waals surface area contributed by atoms with Gasteiger partial charge < -0.3 is 34.4 Å². The van der Waals surface area contributed by atoms with Crippen LogP contribution in [0, 0.1) is 0 Å². The second kappa shape index (κ2) is 11.8. The molecule has 40 heavy (non-hydrogen) atoms. The van der Waals surface area contributed by atoms with E-state index in [9.17, 15) is 9.90 Å². The molecule has 0 bridgehead atoms. The van der Waals surface area contributed by atoms with Gasteiger partial charge in [-0.1, -0.05) is 32.9 Å². The van der Waals surface area contributed by atoms with E-state index in [0.717, 1.165) is 30.6 Å². The maximum atomic E-state index is 13.1. The van der Waals surface area contributed by atoms with Gasteiger partial charge in [0.25, 0.3) is 5.91 Å². The number of fused-ring (bicyclic) bond motifs is 2. The fourth-order valence-corrected chi connectivity index (χ4v) is 5.27. The highest BCUT2D eigenvalue weighted by Crippen LogP contribution is 2.42. The van der Waals surface area contributed by atoms with E-state index in [1.54, 1.807) is 37.4 Å². The molecule has 0 atom stereocenters. The Morgan fingerprint density at radius 3 is 2.10 bits per heavy atom. The van der Waals surface area contributed by atoms with Crippen molar-refractivity contribution in [3.05, 3.63) is 54.1 Å². The summed E-state index contributed by atoms with van der Waals surface area (Å²) in [6.07, 6.45) is 1.76. The number of amides is 1. The lowest BCUT2D eigenvalue weighted by Crippen LogP contribution is -2.41. The second-order valence-corrected chi connectivity index (χ2v) is 16.2. The fourth-order valence-electron chi connectivity index (χ4n) is 4.19. The van der Waals surface area contributed by atoms with Crippen LogP contribution in [0.4, 0.5) is 17.1 Å². The Balaban J connectivity index is 1.50. The first-order chi connectivity index (χ1) is 18.9. The molecular weight excluding hydrogens is 524 g/mol. The highest BCUT2D eigenvalue weighted by molar-refractivity contribution is 6.74. The van der Waals surface area contributed by atoms with Crippen LogP contribution in [0.25, 0.3) is 11.1 Å². The van der Waals surface area contributed by atoms with Gasteiger partial charge in [0, 0.05) is 18.7 Å². The molecule has 4 rings (SSSR count). The number of unbranched alkanes of at least 4 members (excludes halogenated alkanes) is 1. The van der Waals surface area contributed by atoms with E-state index in [1.807, 2.05) is 18.2 Å². The van der Waals surface area contributed by atoms with E-state index in [0.29, 0.717) is 46.5 Å². The van der Waals surface area contributed by atoms with Crippen LogP contribution in [0.1, 0.15) is 44.0 Å². The summed E-state index contributed by atoms with van der Waals surface area (Å²) < 4.78 is 23.2. The fraction of sp³-hybridized carbons (Fsp3) is 0.387. The molecule has 214 valence electrons. The smallest absolute Gasteiger partial charge is 0.257 e. The Kier molecular flexibility index (Phi) is 8.65. The van der Waals surface area contributed by atoms with Crippen molar-refractivity contribution in [1.29, 1.82) is 0 Å². The van der Waals surface area contributed by atoms with E-state index in [4.69, 9.17) is 18.6 Å². The van der Waals surface area contributed by atoms with E-state index >= 15 is 0 Å². The first-order valence-corrected chi connectivity index (χ1v) is 16.4. The topological polar surface area (TPSA) is 98.3 Å². The number of methoxy groups -OCH3 is 2. The zero-order chi connectivity index (χ0) is 29.1. The summed E-state index contributed by atoms with van der Waals surface area (Å²) in [7, 11) is 1.34. The minimum Gasteiger partial charge on any atom is -0.504 e. The molecule has 9 heteroatoms. The number of carbonyl (C=O) groups is 1. The predicted octanol–water partition coefficient (Wildman–Crippen LogP) is 7.57. The maximum absolute atomic E-state index is 13.1. The minimum absolute atomic E-state index is 0.0667. The first-order valence-electron chi connectivity index (χ1n) is 13.5. The number of benzene rings is 3. The third kappa shape index (κ3) is 6.37. The monoisotopic (exact) mass is 564 g/mol. The standard InChI is InChI=1S/C31H40N2O6Si/c1-31(2,3)40(6,7)39-15-9-8-14-38-29-19-24-25(18-28(29)37-5)33-30(35)22-12-10-20(16-23(22)32-24)21-11-13-26(34)27(17-21)36-4/h10-13,16-19,32,34H,8-9,14-15H2,1-7H3,(H,33,35). The quantitative estimate of drug-likeness (QED) is 0.173. The van der Waals surface area contributed by atoms with Gasteiger partial charge in [-0.2, -0.15) is 0 Å². The van der Waals surface area contributed by atoms with Crippen LogP contribution in [-0.4, -0.2) is 46.8 Å². The van der Waals surface area contributed by atoms with E-state index < -0.39 is 8.32 Å². The number of aromatic hydroxyl groups is 1. The van der Waals surface area contributed by atoms with Crippen LogP contribution < -0.4 is 24.8 Å². The van der Waals surface area contributed by atoms with Gasteiger partial charge in [-0.15, -0.1) is 0 Å². The molecular formula is C31H40N2O6Si. The predicted molar refractivity (Wildman–Crippen MR) is 162 cm³/mol. The SMILES string of the molecule is COc1cc(-c2ccc3c(c2)Nc2cc(OCCCCO[Si](C)(C)C(C)(C)C)c(OC)cc2NC3=O)ccc1O. The Morgan fingerprint density at radius 1 is 0.775 bits per heavy atom. The molecule has 1 aliphatic rings. The second-order valence-electron chi connectivity index (χ2n) is 11.4. The third-order valence-electron chi connectivity index (χ3n) is 7.66. The highest BCUT2D eigenvalue weighted by atomic mass is 28.4. The van der Waals surface area contributed by atoms with E-state index in [1.165, 1.54) is 7.11 Å². The lowest BCUT2D eigenvalue weighted by atomic mass is 10.0. The number of phenols is 1. The van der Waals surface area contributed by atoms with Crippen LogP contribution in [0.15, 0.2) is 48.5 Å². The van der Waals surface area contributed by atoms with Crippen LogP contribution in [-0.2, 0) is 4.43 Å². The number of hydrogen-bond donors (Lipinski definition) is 3. The molecule has 3 aromatic carbocycles.